The fraction of sp³-hybridized carbons (Fsp3) is 0.643. The molecule has 31 heavy (non-hydrogen) atoms. The van der Waals surface area contributed by atoms with Gasteiger partial charge in [-0.1, -0.05) is 45.9 Å². The zero-order valence-electron chi connectivity index (χ0n) is 19.9. The molecule has 1 fully saturated rings. The van der Waals surface area contributed by atoms with Gasteiger partial charge in [-0.15, -0.1) is 0 Å². The van der Waals surface area contributed by atoms with E-state index in [0.717, 1.165) is 25.7 Å². The van der Waals surface area contributed by atoms with Crippen LogP contribution in [0, 0.1) is 23.2 Å². The summed E-state index contributed by atoms with van der Waals surface area (Å²) in [7, 11) is 0. The maximum atomic E-state index is 12.1. The van der Waals surface area contributed by atoms with Crippen molar-refractivity contribution in [1.82, 2.24) is 0 Å². The molecule has 0 heterocycles. The molecule has 1 aromatic rings. The van der Waals surface area contributed by atoms with Crippen molar-refractivity contribution in [3.05, 3.63) is 46.5 Å². The Morgan fingerprint density at radius 3 is 2.58 bits per heavy atom. The molecule has 3 nitrogen and oxygen atoms in total. The molecule has 168 valence electrons. The smallest absolute Gasteiger partial charge is 0.302 e. The third-order valence-electron chi connectivity index (χ3n) is 8.53. The normalized spacial score (nSPS) is 30.6. The van der Waals surface area contributed by atoms with E-state index in [-0.39, 0.29) is 23.8 Å². The number of fused-ring (bicyclic) bond motifs is 5. The molecule has 0 radical (unpaired) electrons. The van der Waals surface area contributed by atoms with Crippen LogP contribution in [0.4, 0.5) is 0 Å². The number of ketones is 1. The number of esters is 1. The predicted octanol–water partition coefficient (Wildman–Crippen LogP) is 5.97. The van der Waals surface area contributed by atoms with Gasteiger partial charge in [-0.25, -0.2) is 0 Å². The standard InChI is InChI=1S/C28H38O3/c1-17(2)27(30)13-6-18(3)25-11-12-26-24-9-7-20-16-21(31-19(4)29)8-10-22(20)23(24)14-15-28(25,26)5/h6-7,9,13,17-18,21,25-26H,8,10-12,14-16H2,1-5H3/b13-6+/t18-,21+,25-,26+,28-/m1/s1. The van der Waals surface area contributed by atoms with E-state index in [0.29, 0.717) is 23.2 Å². The molecule has 0 unspecified atom stereocenters. The van der Waals surface area contributed by atoms with Gasteiger partial charge in [-0.05, 0) is 90.0 Å². The second-order valence-corrected chi connectivity index (χ2v) is 10.8. The van der Waals surface area contributed by atoms with E-state index in [4.69, 9.17) is 4.74 Å². The molecule has 0 saturated heterocycles. The van der Waals surface area contributed by atoms with Crippen LogP contribution in [0.3, 0.4) is 0 Å². The van der Waals surface area contributed by atoms with E-state index in [2.05, 4.69) is 32.1 Å². The van der Waals surface area contributed by atoms with Gasteiger partial charge in [-0.3, -0.25) is 9.59 Å². The number of allylic oxidation sites excluding steroid dienone is 2. The third kappa shape index (κ3) is 4.13. The molecule has 0 aromatic heterocycles. The summed E-state index contributed by atoms with van der Waals surface area (Å²) in [4.78, 5) is 23.5. The Morgan fingerprint density at radius 1 is 1.10 bits per heavy atom. The fourth-order valence-corrected chi connectivity index (χ4v) is 6.84. The molecular weight excluding hydrogens is 384 g/mol. The van der Waals surface area contributed by atoms with E-state index >= 15 is 0 Å². The molecule has 3 aliphatic rings. The quantitative estimate of drug-likeness (QED) is 0.434. The lowest BCUT2D eigenvalue weighted by Gasteiger charge is -2.44. The lowest BCUT2D eigenvalue weighted by Crippen LogP contribution is -2.36. The molecule has 0 bridgehead atoms. The van der Waals surface area contributed by atoms with Gasteiger partial charge in [0.15, 0.2) is 5.78 Å². The summed E-state index contributed by atoms with van der Waals surface area (Å²) in [5.41, 5.74) is 6.41. The van der Waals surface area contributed by atoms with E-state index < -0.39 is 0 Å². The maximum Gasteiger partial charge on any atom is 0.302 e. The zero-order valence-corrected chi connectivity index (χ0v) is 19.9. The molecule has 1 aromatic carbocycles. The van der Waals surface area contributed by atoms with Crippen LogP contribution < -0.4 is 0 Å². The number of hydrogen-bond donors (Lipinski definition) is 0. The second kappa shape index (κ2) is 8.56. The van der Waals surface area contributed by atoms with Crippen molar-refractivity contribution in [3.63, 3.8) is 0 Å². The Morgan fingerprint density at radius 2 is 1.87 bits per heavy atom. The molecule has 3 heteroatoms. The highest BCUT2D eigenvalue weighted by Crippen LogP contribution is 2.61. The molecule has 0 N–H and O–H groups in total. The van der Waals surface area contributed by atoms with E-state index in [1.165, 1.54) is 31.7 Å². The van der Waals surface area contributed by atoms with Crippen molar-refractivity contribution in [3.8, 4) is 0 Å². The Bertz CT molecular complexity index is 896. The first-order valence-electron chi connectivity index (χ1n) is 12.2. The number of benzene rings is 1. The minimum atomic E-state index is -0.169. The Kier molecular flexibility index (Phi) is 6.16. The Labute approximate surface area is 187 Å². The van der Waals surface area contributed by atoms with Crippen molar-refractivity contribution >= 4 is 11.8 Å². The van der Waals surface area contributed by atoms with Crippen LogP contribution >= 0.6 is 0 Å². The van der Waals surface area contributed by atoms with Crippen LogP contribution in [0.5, 0.6) is 0 Å². The van der Waals surface area contributed by atoms with Gasteiger partial charge in [-0.2, -0.15) is 0 Å². The minimum absolute atomic E-state index is 0.0361. The van der Waals surface area contributed by atoms with Crippen LogP contribution in [0.2, 0.25) is 0 Å². The van der Waals surface area contributed by atoms with Crippen LogP contribution in [-0.2, 0) is 33.6 Å². The summed E-state index contributed by atoms with van der Waals surface area (Å²) in [6.45, 7) is 10.3. The van der Waals surface area contributed by atoms with Crippen LogP contribution in [0.15, 0.2) is 24.3 Å². The van der Waals surface area contributed by atoms with Gasteiger partial charge < -0.3 is 4.74 Å². The lowest BCUT2D eigenvalue weighted by molar-refractivity contribution is -0.146. The van der Waals surface area contributed by atoms with Gasteiger partial charge in [0, 0.05) is 19.3 Å². The number of ether oxygens (including phenoxy) is 1. The van der Waals surface area contributed by atoms with E-state index in [9.17, 15) is 9.59 Å². The van der Waals surface area contributed by atoms with Crippen molar-refractivity contribution in [2.75, 3.05) is 0 Å². The monoisotopic (exact) mass is 422 g/mol. The summed E-state index contributed by atoms with van der Waals surface area (Å²) in [6.07, 6.45) is 11.8. The summed E-state index contributed by atoms with van der Waals surface area (Å²) >= 11 is 0. The highest BCUT2D eigenvalue weighted by Gasteiger charge is 2.51. The molecule has 3 aliphatic carbocycles. The topological polar surface area (TPSA) is 43.4 Å². The number of rotatable bonds is 5. The van der Waals surface area contributed by atoms with Gasteiger partial charge in [0.1, 0.15) is 6.10 Å². The van der Waals surface area contributed by atoms with Crippen LogP contribution in [0.1, 0.15) is 88.5 Å². The molecule has 4 rings (SSSR count). The largest absolute Gasteiger partial charge is 0.462 e. The van der Waals surface area contributed by atoms with Crippen molar-refractivity contribution in [1.29, 1.82) is 0 Å². The van der Waals surface area contributed by atoms with E-state index in [1.54, 1.807) is 16.7 Å². The molecule has 0 spiro atoms. The van der Waals surface area contributed by atoms with Crippen LogP contribution in [0.25, 0.3) is 0 Å². The van der Waals surface area contributed by atoms with Gasteiger partial charge in [0.2, 0.25) is 0 Å². The maximum absolute atomic E-state index is 12.1. The summed E-state index contributed by atoms with van der Waals surface area (Å²) < 4.78 is 5.50. The number of carbonyl (C=O) groups is 2. The Balaban J connectivity index is 1.55. The van der Waals surface area contributed by atoms with Crippen molar-refractivity contribution in [2.45, 2.75) is 91.6 Å². The number of carbonyl (C=O) groups excluding carboxylic acids is 2. The molecular formula is C28H38O3. The minimum Gasteiger partial charge on any atom is -0.462 e. The molecule has 0 aliphatic heterocycles. The van der Waals surface area contributed by atoms with Crippen molar-refractivity contribution in [2.24, 2.45) is 23.2 Å². The third-order valence-corrected chi connectivity index (χ3v) is 8.53. The summed E-state index contributed by atoms with van der Waals surface area (Å²) in [5, 5.41) is 0. The summed E-state index contributed by atoms with van der Waals surface area (Å²) in [6, 6.07) is 4.70. The summed E-state index contributed by atoms with van der Waals surface area (Å²) in [5.74, 6) is 1.82. The Hall–Kier alpha value is -1.90. The number of hydrogen-bond acceptors (Lipinski definition) is 3. The van der Waals surface area contributed by atoms with Gasteiger partial charge >= 0.3 is 5.97 Å². The van der Waals surface area contributed by atoms with Crippen LogP contribution in [-0.4, -0.2) is 17.9 Å². The molecule has 0 amide bonds. The first kappa shape index (κ1) is 22.3. The highest BCUT2D eigenvalue weighted by atomic mass is 16.5. The fourth-order valence-electron chi connectivity index (χ4n) is 6.84. The molecule has 5 atom stereocenters. The van der Waals surface area contributed by atoms with E-state index in [1.807, 2.05) is 19.9 Å². The first-order valence-corrected chi connectivity index (χ1v) is 12.2. The lowest BCUT2D eigenvalue weighted by atomic mass is 9.60. The first-order chi connectivity index (χ1) is 14.7. The second-order valence-electron chi connectivity index (χ2n) is 10.8. The van der Waals surface area contributed by atoms with Gasteiger partial charge in [0.05, 0.1) is 0 Å². The predicted molar refractivity (Wildman–Crippen MR) is 124 cm³/mol. The average molecular weight is 423 g/mol. The molecule has 1 saturated carbocycles. The van der Waals surface area contributed by atoms with Gasteiger partial charge in [0.25, 0.3) is 0 Å². The SMILES string of the molecule is CC(=O)O[C@H]1CCc2c(ccc3c2CC[C@]2(C)[C@@H]([C@H](C)/C=C/C(=O)C(C)C)CC[C@@H]32)C1. The highest BCUT2D eigenvalue weighted by molar-refractivity contribution is 5.91. The van der Waals surface area contributed by atoms with Crippen molar-refractivity contribution < 1.29 is 14.3 Å². The zero-order chi connectivity index (χ0) is 22.3. The average Bonchev–Trinajstić information content (AvgIpc) is 3.08.